The predicted octanol–water partition coefficient (Wildman–Crippen LogP) is 19.9. The van der Waals surface area contributed by atoms with E-state index in [0.29, 0.717) is 0 Å². The number of aromatic nitrogens is 1. The smallest absolute Gasteiger partial charge is 0.0720 e. The van der Waals surface area contributed by atoms with Crippen LogP contribution in [-0.2, 0) is 10.8 Å². The Labute approximate surface area is 456 Å². The SMILES string of the molecule is CC1(C)c2ccccc2C2(c3ccccc3-c3c(N(c4ccc(-c5ccc6c7ccccc7n(-c7ccccc7)c6c5)cc4)c4ccccc4-c4ccccc4-c4ccccc4-c4ccccc4)cccc32)c2ccccc21. The summed E-state index contributed by atoms with van der Waals surface area (Å²) < 4.78 is 2.40. The molecule has 0 radical (unpaired) electrons. The maximum Gasteiger partial charge on any atom is 0.0720 e. The number of fused-ring (bicyclic) bond motifs is 12. The molecule has 0 amide bonds. The average Bonchev–Trinajstić information content (AvgIpc) is 4.20. The Morgan fingerprint density at radius 1 is 0.295 bits per heavy atom. The zero-order valence-electron chi connectivity index (χ0n) is 43.6. The van der Waals surface area contributed by atoms with Gasteiger partial charge in [-0.25, -0.2) is 0 Å². The normalized spacial score (nSPS) is 13.5. The number of para-hydroxylation sites is 3. The van der Waals surface area contributed by atoms with Crippen LogP contribution in [0.25, 0.3) is 83.1 Å². The third-order valence-electron chi connectivity index (χ3n) is 17.1. The van der Waals surface area contributed by atoms with Gasteiger partial charge in [-0.3, -0.25) is 0 Å². The molecule has 1 aromatic heterocycles. The molecule has 1 heterocycles. The van der Waals surface area contributed by atoms with Crippen LogP contribution in [0.5, 0.6) is 0 Å². The molecule has 0 N–H and O–H groups in total. The van der Waals surface area contributed by atoms with Gasteiger partial charge in [0.2, 0.25) is 0 Å². The minimum Gasteiger partial charge on any atom is -0.309 e. The monoisotopic (exact) mass is 994 g/mol. The summed E-state index contributed by atoms with van der Waals surface area (Å²) in [5.41, 5.74) is 26.1. The maximum absolute atomic E-state index is 2.55. The minimum atomic E-state index is -0.547. The van der Waals surface area contributed by atoms with Gasteiger partial charge in [-0.1, -0.05) is 257 Å². The van der Waals surface area contributed by atoms with E-state index < -0.39 is 5.41 Å². The summed E-state index contributed by atoms with van der Waals surface area (Å²) in [6, 6.07) is 108. The van der Waals surface area contributed by atoms with Crippen LogP contribution in [0.3, 0.4) is 0 Å². The third kappa shape index (κ3) is 6.76. The predicted molar refractivity (Wildman–Crippen MR) is 327 cm³/mol. The molecule has 0 bridgehead atoms. The first-order valence-corrected chi connectivity index (χ1v) is 27.3. The fraction of sp³-hybridized carbons (Fsp3) is 0.0526. The summed E-state index contributed by atoms with van der Waals surface area (Å²) in [5.74, 6) is 0. The van der Waals surface area contributed by atoms with Crippen molar-refractivity contribution in [3.05, 3.63) is 325 Å². The van der Waals surface area contributed by atoms with E-state index in [-0.39, 0.29) is 5.41 Å². The molecule has 0 aliphatic heterocycles. The van der Waals surface area contributed by atoms with E-state index in [4.69, 9.17) is 0 Å². The first kappa shape index (κ1) is 45.6. The molecule has 0 atom stereocenters. The average molecular weight is 995 g/mol. The van der Waals surface area contributed by atoms with E-state index in [0.717, 1.165) is 33.9 Å². The molecule has 2 aliphatic rings. The molecule has 2 heteroatoms. The zero-order valence-corrected chi connectivity index (χ0v) is 43.6. The fourth-order valence-corrected chi connectivity index (χ4v) is 13.7. The first-order chi connectivity index (χ1) is 38.5. The molecule has 15 rings (SSSR count). The zero-order chi connectivity index (χ0) is 52.0. The van der Waals surface area contributed by atoms with Crippen molar-refractivity contribution < 1.29 is 0 Å². The van der Waals surface area contributed by atoms with Gasteiger partial charge in [-0.05, 0) is 126 Å². The summed E-state index contributed by atoms with van der Waals surface area (Å²) >= 11 is 0. The van der Waals surface area contributed by atoms with Crippen LogP contribution < -0.4 is 4.90 Å². The van der Waals surface area contributed by atoms with Crippen molar-refractivity contribution in [2.45, 2.75) is 24.7 Å². The lowest BCUT2D eigenvalue weighted by molar-refractivity contribution is 0.563. The highest BCUT2D eigenvalue weighted by molar-refractivity contribution is 6.10. The van der Waals surface area contributed by atoms with Gasteiger partial charge >= 0.3 is 0 Å². The second kappa shape index (κ2) is 17.9. The number of benzene rings is 12. The molecule has 0 fully saturated rings. The van der Waals surface area contributed by atoms with Crippen LogP contribution in [-0.4, -0.2) is 4.57 Å². The highest BCUT2D eigenvalue weighted by Crippen LogP contribution is 2.64. The van der Waals surface area contributed by atoms with Crippen molar-refractivity contribution in [1.29, 1.82) is 0 Å². The number of hydrogen-bond donors (Lipinski definition) is 0. The molecule has 0 saturated heterocycles. The molecule has 12 aromatic carbocycles. The van der Waals surface area contributed by atoms with Crippen LogP contribution in [0.1, 0.15) is 47.2 Å². The highest BCUT2D eigenvalue weighted by Gasteiger charge is 2.54. The van der Waals surface area contributed by atoms with Crippen molar-refractivity contribution in [1.82, 2.24) is 4.57 Å². The van der Waals surface area contributed by atoms with Crippen LogP contribution in [0.4, 0.5) is 17.1 Å². The van der Waals surface area contributed by atoms with Gasteiger partial charge in [0.05, 0.1) is 27.8 Å². The Hall–Kier alpha value is -9.76. The van der Waals surface area contributed by atoms with E-state index >= 15 is 0 Å². The second-order valence-electron chi connectivity index (χ2n) is 21.5. The maximum atomic E-state index is 2.55. The lowest BCUT2D eigenvalue weighted by Crippen LogP contribution is -2.40. The molecule has 0 unspecified atom stereocenters. The molecule has 2 nitrogen and oxygen atoms in total. The Balaban J connectivity index is 0.969. The number of nitrogens with zero attached hydrogens (tertiary/aromatic N) is 2. The highest BCUT2D eigenvalue weighted by atomic mass is 15.1. The molecule has 78 heavy (non-hydrogen) atoms. The number of anilines is 3. The molecule has 0 saturated carbocycles. The summed E-state index contributed by atoms with van der Waals surface area (Å²) in [6.07, 6.45) is 0. The minimum absolute atomic E-state index is 0.199. The van der Waals surface area contributed by atoms with E-state index in [1.54, 1.807) is 0 Å². The van der Waals surface area contributed by atoms with E-state index in [1.165, 1.54) is 99.7 Å². The summed E-state index contributed by atoms with van der Waals surface area (Å²) in [6.45, 7) is 4.80. The Morgan fingerprint density at radius 2 is 0.769 bits per heavy atom. The third-order valence-corrected chi connectivity index (χ3v) is 17.1. The summed E-state index contributed by atoms with van der Waals surface area (Å²) in [4.78, 5) is 2.55. The number of hydrogen-bond acceptors (Lipinski definition) is 1. The summed E-state index contributed by atoms with van der Waals surface area (Å²) in [5, 5.41) is 2.49. The second-order valence-corrected chi connectivity index (χ2v) is 21.5. The molecular formula is C76H54N2. The fourth-order valence-electron chi connectivity index (χ4n) is 13.7. The largest absolute Gasteiger partial charge is 0.309 e. The van der Waals surface area contributed by atoms with E-state index in [1.807, 2.05) is 0 Å². The summed E-state index contributed by atoms with van der Waals surface area (Å²) in [7, 11) is 0. The van der Waals surface area contributed by atoms with Crippen molar-refractivity contribution in [2.75, 3.05) is 4.90 Å². The Bertz CT molecular complexity index is 4410. The molecule has 2 aliphatic carbocycles. The standard InChI is InChI=1S/C76H54N2/c1-75(2)65-36-17-19-38-67(65)76(68-39-20-18-37-66(68)75)64-35-16-13-34-63(64)74-69(76)40-23-43-72(74)77(70-41-21-14-32-60(70)59-31-12-11-30-58(59)57-29-10-9-28-56(57)52-24-5-3-6-25-52)55-47-44-51(45-48-55)53-46-49-62-61-33-15-22-42-71(61)78(73(62)50-53)54-26-7-4-8-27-54/h3-50H,1-2H3. The van der Waals surface area contributed by atoms with E-state index in [9.17, 15) is 0 Å². The molecular weight excluding hydrogens is 941 g/mol. The lowest BCUT2D eigenvalue weighted by Gasteiger charge is -2.46. The van der Waals surface area contributed by atoms with Gasteiger partial charge in [0.15, 0.2) is 0 Å². The van der Waals surface area contributed by atoms with E-state index in [2.05, 4.69) is 315 Å². The van der Waals surface area contributed by atoms with Crippen LogP contribution in [0.15, 0.2) is 291 Å². The lowest BCUT2D eigenvalue weighted by atomic mass is 9.55. The Morgan fingerprint density at radius 3 is 1.46 bits per heavy atom. The quantitative estimate of drug-likeness (QED) is 0.147. The van der Waals surface area contributed by atoms with Crippen molar-refractivity contribution in [3.8, 4) is 61.3 Å². The van der Waals surface area contributed by atoms with Gasteiger partial charge in [0.1, 0.15) is 0 Å². The molecule has 13 aromatic rings. The number of rotatable bonds is 8. The van der Waals surface area contributed by atoms with Crippen molar-refractivity contribution >= 4 is 38.9 Å². The van der Waals surface area contributed by atoms with Gasteiger partial charge in [-0.15, -0.1) is 0 Å². The molecule has 1 spiro atoms. The van der Waals surface area contributed by atoms with Gasteiger partial charge < -0.3 is 9.47 Å². The first-order valence-electron chi connectivity index (χ1n) is 27.3. The topological polar surface area (TPSA) is 8.17 Å². The van der Waals surface area contributed by atoms with Gasteiger partial charge in [0, 0.05) is 38.7 Å². The van der Waals surface area contributed by atoms with Gasteiger partial charge in [0.25, 0.3) is 0 Å². The van der Waals surface area contributed by atoms with Crippen LogP contribution in [0.2, 0.25) is 0 Å². The Kier molecular flexibility index (Phi) is 10.5. The van der Waals surface area contributed by atoms with Crippen LogP contribution in [0, 0.1) is 0 Å². The van der Waals surface area contributed by atoms with Crippen molar-refractivity contribution in [3.63, 3.8) is 0 Å². The molecule has 368 valence electrons. The van der Waals surface area contributed by atoms with Gasteiger partial charge in [-0.2, -0.15) is 0 Å². The van der Waals surface area contributed by atoms with Crippen molar-refractivity contribution in [2.24, 2.45) is 0 Å². The van der Waals surface area contributed by atoms with Crippen LogP contribution >= 0.6 is 0 Å².